The molecule has 1 rings (SSSR count). The Morgan fingerprint density at radius 1 is 1.26 bits per heavy atom. The highest BCUT2D eigenvalue weighted by atomic mass is 32.2. The molecule has 0 heterocycles. The van der Waals surface area contributed by atoms with Crippen LogP contribution in [0.25, 0.3) is 0 Å². The van der Waals surface area contributed by atoms with Crippen LogP contribution in [0.5, 0.6) is 0 Å². The van der Waals surface area contributed by atoms with Gasteiger partial charge in [-0.1, -0.05) is 13.8 Å². The molecule has 0 radical (unpaired) electrons. The van der Waals surface area contributed by atoms with Crippen molar-refractivity contribution in [2.45, 2.75) is 57.2 Å². The Labute approximate surface area is 117 Å². The molecule has 2 N–H and O–H groups in total. The highest BCUT2D eigenvalue weighted by molar-refractivity contribution is 7.92. The summed E-state index contributed by atoms with van der Waals surface area (Å²) in [6.45, 7) is 6.94. The van der Waals surface area contributed by atoms with E-state index in [0.29, 0.717) is 25.4 Å². The first-order chi connectivity index (χ1) is 8.88. The fourth-order valence-corrected chi connectivity index (χ4v) is 3.43. The van der Waals surface area contributed by atoms with Gasteiger partial charge in [-0.15, -0.1) is 0 Å². The predicted octanol–water partition coefficient (Wildman–Crippen LogP) is 1.31. The summed E-state index contributed by atoms with van der Waals surface area (Å²) in [6.07, 6.45) is 4.84. The Morgan fingerprint density at radius 2 is 1.84 bits per heavy atom. The lowest BCUT2D eigenvalue weighted by atomic mass is 10.0. The van der Waals surface area contributed by atoms with E-state index in [9.17, 15) is 8.42 Å². The lowest BCUT2D eigenvalue weighted by Crippen LogP contribution is -2.43. The average Bonchev–Trinajstić information content (AvgIpc) is 3.13. The van der Waals surface area contributed by atoms with Crippen LogP contribution in [-0.4, -0.2) is 44.5 Å². The van der Waals surface area contributed by atoms with Gasteiger partial charge >= 0.3 is 0 Å². The lowest BCUT2D eigenvalue weighted by molar-refractivity contribution is 0.489. The molecule has 0 aromatic rings. The van der Waals surface area contributed by atoms with Gasteiger partial charge in [-0.25, -0.2) is 8.42 Å². The summed E-state index contributed by atoms with van der Waals surface area (Å²) in [6, 6.07) is 0.508. The van der Waals surface area contributed by atoms with Gasteiger partial charge in [0.2, 0.25) is 0 Å². The molecule has 0 aliphatic heterocycles. The molecule has 1 saturated carbocycles. The highest BCUT2D eigenvalue weighted by Crippen LogP contribution is 2.26. The van der Waals surface area contributed by atoms with Crippen LogP contribution in [0, 0.1) is 0 Å². The number of sulfone groups is 1. The standard InChI is InChI=1S/C13H27N3O2S/c1-5-13(6-2,19(4,17)18)10-15-12(14-7-3)16-11-8-9-11/h11H,5-10H2,1-4H3,(H2,14,15,16). The normalized spacial score (nSPS) is 17.4. The number of nitrogens with zero attached hydrogens (tertiary/aromatic N) is 1. The third-order valence-corrected chi connectivity index (χ3v) is 6.14. The minimum Gasteiger partial charge on any atom is -0.357 e. The van der Waals surface area contributed by atoms with E-state index in [2.05, 4.69) is 15.6 Å². The number of hydrogen-bond donors (Lipinski definition) is 2. The van der Waals surface area contributed by atoms with E-state index < -0.39 is 14.6 Å². The Bertz CT molecular complexity index is 410. The van der Waals surface area contributed by atoms with Crippen molar-refractivity contribution in [2.75, 3.05) is 19.3 Å². The minimum absolute atomic E-state index is 0.320. The second kappa shape index (κ2) is 6.59. The molecule has 19 heavy (non-hydrogen) atoms. The van der Waals surface area contributed by atoms with Gasteiger partial charge in [-0.3, -0.25) is 4.99 Å². The summed E-state index contributed by atoms with van der Waals surface area (Å²) in [7, 11) is -3.11. The monoisotopic (exact) mass is 289 g/mol. The molecule has 6 heteroatoms. The van der Waals surface area contributed by atoms with Crippen molar-refractivity contribution in [1.82, 2.24) is 10.6 Å². The molecule has 0 spiro atoms. The third-order valence-electron chi connectivity index (χ3n) is 3.86. The first-order valence-electron chi connectivity index (χ1n) is 7.13. The number of hydrogen-bond acceptors (Lipinski definition) is 3. The van der Waals surface area contributed by atoms with Crippen molar-refractivity contribution < 1.29 is 8.42 Å². The average molecular weight is 289 g/mol. The van der Waals surface area contributed by atoms with E-state index >= 15 is 0 Å². The first-order valence-corrected chi connectivity index (χ1v) is 9.02. The van der Waals surface area contributed by atoms with Gasteiger partial charge in [0, 0.05) is 18.8 Å². The highest BCUT2D eigenvalue weighted by Gasteiger charge is 2.37. The van der Waals surface area contributed by atoms with Gasteiger partial charge < -0.3 is 10.6 Å². The van der Waals surface area contributed by atoms with Crippen LogP contribution >= 0.6 is 0 Å². The SMILES string of the molecule is CCNC(=NCC(CC)(CC)S(C)(=O)=O)NC1CC1. The van der Waals surface area contributed by atoms with Crippen molar-refractivity contribution in [3.05, 3.63) is 0 Å². The van der Waals surface area contributed by atoms with E-state index in [-0.39, 0.29) is 0 Å². The molecule has 0 aromatic carbocycles. The lowest BCUT2D eigenvalue weighted by Gasteiger charge is -2.28. The van der Waals surface area contributed by atoms with E-state index in [0.717, 1.165) is 12.5 Å². The molecule has 0 saturated heterocycles. The maximum Gasteiger partial charge on any atom is 0.191 e. The molecule has 112 valence electrons. The van der Waals surface area contributed by atoms with Crippen molar-refractivity contribution in [2.24, 2.45) is 4.99 Å². The maximum atomic E-state index is 12.0. The van der Waals surface area contributed by atoms with Crippen LogP contribution < -0.4 is 10.6 Å². The van der Waals surface area contributed by atoms with Crippen LogP contribution in [0.1, 0.15) is 46.5 Å². The summed E-state index contributed by atoms with van der Waals surface area (Å²) in [4.78, 5) is 4.49. The predicted molar refractivity (Wildman–Crippen MR) is 80.3 cm³/mol. The van der Waals surface area contributed by atoms with Crippen molar-refractivity contribution in [1.29, 1.82) is 0 Å². The molecule has 0 aromatic heterocycles. The largest absolute Gasteiger partial charge is 0.357 e. The van der Waals surface area contributed by atoms with Crippen LogP contribution in [-0.2, 0) is 9.84 Å². The molecule has 0 bridgehead atoms. The Morgan fingerprint density at radius 3 is 2.21 bits per heavy atom. The molecular formula is C13H27N3O2S. The van der Waals surface area contributed by atoms with E-state index in [1.807, 2.05) is 20.8 Å². The second-order valence-corrected chi connectivity index (χ2v) is 7.69. The fourth-order valence-electron chi connectivity index (χ4n) is 2.08. The zero-order valence-electron chi connectivity index (χ0n) is 12.5. The van der Waals surface area contributed by atoms with E-state index in [1.165, 1.54) is 19.1 Å². The summed E-state index contributed by atoms with van der Waals surface area (Å²) in [5, 5.41) is 6.48. The molecule has 5 nitrogen and oxygen atoms in total. The molecule has 0 atom stereocenters. The molecule has 1 aliphatic rings. The van der Waals surface area contributed by atoms with Gasteiger partial charge in [0.05, 0.1) is 11.3 Å². The Kier molecular flexibility index (Phi) is 5.64. The van der Waals surface area contributed by atoms with Gasteiger partial charge in [0.1, 0.15) is 0 Å². The van der Waals surface area contributed by atoms with Gasteiger partial charge in [0.15, 0.2) is 15.8 Å². The topological polar surface area (TPSA) is 70.6 Å². The summed E-state index contributed by atoms with van der Waals surface area (Å²) in [5.74, 6) is 0.736. The van der Waals surface area contributed by atoms with Crippen LogP contribution in [0.2, 0.25) is 0 Å². The number of aliphatic imine (C=N–C) groups is 1. The Balaban J connectivity index is 2.81. The minimum atomic E-state index is -3.11. The van der Waals surface area contributed by atoms with Crippen molar-refractivity contribution in [3.8, 4) is 0 Å². The summed E-state index contributed by atoms with van der Waals surface area (Å²) in [5.41, 5.74) is 0. The van der Waals surface area contributed by atoms with Crippen LogP contribution in [0.4, 0.5) is 0 Å². The number of rotatable bonds is 7. The quantitative estimate of drug-likeness (QED) is 0.547. The molecule has 1 aliphatic carbocycles. The fraction of sp³-hybridized carbons (Fsp3) is 0.923. The van der Waals surface area contributed by atoms with Gasteiger partial charge in [-0.2, -0.15) is 0 Å². The second-order valence-electron chi connectivity index (χ2n) is 5.28. The van der Waals surface area contributed by atoms with Gasteiger partial charge in [0.25, 0.3) is 0 Å². The summed E-state index contributed by atoms with van der Waals surface area (Å²) < 4.78 is 23.3. The van der Waals surface area contributed by atoms with Crippen molar-refractivity contribution >= 4 is 15.8 Å². The zero-order chi connectivity index (χ0) is 14.5. The molecule has 0 amide bonds. The maximum absolute atomic E-state index is 12.0. The van der Waals surface area contributed by atoms with Gasteiger partial charge in [-0.05, 0) is 32.6 Å². The summed E-state index contributed by atoms with van der Waals surface area (Å²) >= 11 is 0. The van der Waals surface area contributed by atoms with Crippen LogP contribution in [0.15, 0.2) is 4.99 Å². The number of guanidine groups is 1. The smallest absolute Gasteiger partial charge is 0.191 e. The van der Waals surface area contributed by atoms with E-state index in [1.54, 1.807) is 0 Å². The Hall–Kier alpha value is -0.780. The molecular weight excluding hydrogens is 262 g/mol. The number of nitrogens with one attached hydrogen (secondary N) is 2. The first kappa shape index (κ1) is 16.3. The molecule has 1 fully saturated rings. The van der Waals surface area contributed by atoms with Crippen molar-refractivity contribution in [3.63, 3.8) is 0 Å². The zero-order valence-corrected chi connectivity index (χ0v) is 13.3. The third kappa shape index (κ3) is 4.37. The van der Waals surface area contributed by atoms with Crippen LogP contribution in [0.3, 0.4) is 0 Å². The van der Waals surface area contributed by atoms with E-state index in [4.69, 9.17) is 0 Å². The molecule has 0 unspecified atom stereocenters.